The van der Waals surface area contributed by atoms with Gasteiger partial charge in [0, 0.05) is 32.2 Å². The maximum atomic E-state index is 6.69. The highest BCUT2D eigenvalue weighted by molar-refractivity contribution is 6.60. The van der Waals surface area contributed by atoms with E-state index in [1.165, 1.54) is 70.6 Å². The van der Waals surface area contributed by atoms with Crippen molar-refractivity contribution in [3.8, 4) is 0 Å². The van der Waals surface area contributed by atoms with E-state index in [0.29, 0.717) is 5.92 Å². The van der Waals surface area contributed by atoms with Crippen LogP contribution in [0.3, 0.4) is 0 Å². The Morgan fingerprint density at radius 2 is 1.11 bits per heavy atom. The van der Waals surface area contributed by atoms with Gasteiger partial charge in [0.2, 0.25) is 0 Å². The third-order valence-electron chi connectivity index (χ3n) is 5.85. The quantitative estimate of drug-likeness (QED) is 0.122. The van der Waals surface area contributed by atoms with Crippen molar-refractivity contribution in [3.05, 3.63) is 0 Å². The van der Waals surface area contributed by atoms with Crippen LogP contribution in [-0.2, 0) is 13.3 Å². The molecule has 0 aliphatic heterocycles. The molecule has 0 aliphatic rings. The largest absolute Gasteiger partial charge is 0.500 e. The molecule has 27 heavy (non-hydrogen) atoms. The normalized spacial score (nSPS) is 13.9. The van der Waals surface area contributed by atoms with Crippen molar-refractivity contribution in [2.24, 2.45) is 5.92 Å². The SMILES string of the molecule is CCCCCCCCCCCCC(CCC[Si](OC)(OC)OC)C(C)(C)Cl. The van der Waals surface area contributed by atoms with Crippen LogP contribution in [-0.4, -0.2) is 35.0 Å². The molecule has 0 bridgehead atoms. The lowest BCUT2D eigenvalue weighted by Crippen LogP contribution is -2.42. The van der Waals surface area contributed by atoms with Crippen LogP contribution in [0.1, 0.15) is 104 Å². The smallest absolute Gasteiger partial charge is 0.377 e. The van der Waals surface area contributed by atoms with Crippen molar-refractivity contribution >= 4 is 20.4 Å². The highest BCUT2D eigenvalue weighted by Crippen LogP contribution is 2.34. The van der Waals surface area contributed by atoms with E-state index in [1.807, 2.05) is 0 Å². The highest BCUT2D eigenvalue weighted by Gasteiger charge is 2.37. The minimum absolute atomic E-state index is 0.156. The molecule has 0 rings (SSSR count). The molecule has 1 unspecified atom stereocenters. The monoisotopic (exact) mass is 422 g/mol. The van der Waals surface area contributed by atoms with E-state index >= 15 is 0 Å². The number of unbranched alkanes of at least 4 members (excludes halogenated alkanes) is 9. The van der Waals surface area contributed by atoms with Crippen molar-refractivity contribution in [2.75, 3.05) is 21.3 Å². The van der Waals surface area contributed by atoms with Crippen LogP contribution in [0.2, 0.25) is 6.04 Å². The minimum atomic E-state index is -2.45. The van der Waals surface area contributed by atoms with E-state index < -0.39 is 8.80 Å². The lowest BCUT2D eigenvalue weighted by molar-refractivity contribution is 0.122. The van der Waals surface area contributed by atoms with Crippen LogP contribution in [0.5, 0.6) is 0 Å². The van der Waals surface area contributed by atoms with E-state index in [2.05, 4.69) is 20.8 Å². The summed E-state index contributed by atoms with van der Waals surface area (Å²) in [5, 5.41) is 0. The van der Waals surface area contributed by atoms with Gasteiger partial charge in [-0.2, -0.15) is 0 Å². The Bertz CT molecular complexity index is 322. The average Bonchev–Trinajstić information content (AvgIpc) is 2.64. The van der Waals surface area contributed by atoms with Crippen molar-refractivity contribution in [3.63, 3.8) is 0 Å². The van der Waals surface area contributed by atoms with Gasteiger partial charge in [-0.1, -0.05) is 71.1 Å². The number of rotatable bonds is 19. The molecule has 0 N–H and O–H groups in total. The molecule has 0 saturated carbocycles. The molecule has 164 valence electrons. The highest BCUT2D eigenvalue weighted by atomic mass is 35.5. The molecule has 5 heteroatoms. The standard InChI is InChI=1S/C22H47ClO3Si/c1-7-8-9-10-11-12-13-14-15-16-18-21(22(2,3)23)19-17-20-27(24-4,25-5)26-6/h21H,7-20H2,1-6H3. The molecule has 0 saturated heterocycles. The minimum Gasteiger partial charge on any atom is -0.377 e. The van der Waals surface area contributed by atoms with Crippen molar-refractivity contribution in [2.45, 2.75) is 115 Å². The molecule has 0 fully saturated rings. The first-order valence-corrected chi connectivity index (χ1v) is 13.5. The van der Waals surface area contributed by atoms with Crippen LogP contribution in [0, 0.1) is 5.92 Å². The number of hydrogen-bond donors (Lipinski definition) is 0. The molecule has 0 aromatic heterocycles. The fourth-order valence-electron chi connectivity index (χ4n) is 3.83. The zero-order chi connectivity index (χ0) is 20.6. The topological polar surface area (TPSA) is 27.7 Å². The second-order valence-electron chi connectivity index (χ2n) is 8.42. The molecule has 0 amide bonds. The Hall–Kier alpha value is 0.387. The molecule has 0 aromatic carbocycles. The molecule has 1 atom stereocenters. The molecule has 0 radical (unpaired) electrons. The maximum Gasteiger partial charge on any atom is 0.500 e. The second-order valence-corrected chi connectivity index (χ2v) is 12.5. The first kappa shape index (κ1) is 27.4. The molecule has 0 aliphatic carbocycles. The van der Waals surface area contributed by atoms with E-state index in [0.717, 1.165) is 18.9 Å². The fourth-order valence-corrected chi connectivity index (χ4v) is 5.80. The Morgan fingerprint density at radius 1 is 0.704 bits per heavy atom. The first-order chi connectivity index (χ1) is 12.8. The maximum absolute atomic E-state index is 6.69. The molecular weight excluding hydrogens is 376 g/mol. The average molecular weight is 423 g/mol. The predicted molar refractivity (Wildman–Crippen MR) is 121 cm³/mol. The van der Waals surface area contributed by atoms with Gasteiger partial charge < -0.3 is 13.3 Å². The summed E-state index contributed by atoms with van der Waals surface area (Å²) in [6.45, 7) is 6.59. The molecular formula is C22H47ClO3Si. The Kier molecular flexibility index (Phi) is 16.4. The van der Waals surface area contributed by atoms with Gasteiger partial charge in [0.25, 0.3) is 0 Å². The molecule has 0 spiro atoms. The van der Waals surface area contributed by atoms with Crippen LogP contribution in [0.25, 0.3) is 0 Å². The predicted octanol–water partition coefficient (Wildman–Crippen LogP) is 7.59. The summed E-state index contributed by atoms with van der Waals surface area (Å²) >= 11 is 6.69. The van der Waals surface area contributed by atoms with Crippen LogP contribution < -0.4 is 0 Å². The van der Waals surface area contributed by atoms with E-state index in [1.54, 1.807) is 21.3 Å². The lowest BCUT2D eigenvalue weighted by atomic mass is 9.86. The zero-order valence-electron chi connectivity index (χ0n) is 19.1. The van der Waals surface area contributed by atoms with Gasteiger partial charge in [0.1, 0.15) is 0 Å². The molecule has 3 nitrogen and oxygen atoms in total. The zero-order valence-corrected chi connectivity index (χ0v) is 20.8. The van der Waals surface area contributed by atoms with Gasteiger partial charge in [-0.25, -0.2) is 0 Å². The Balaban J connectivity index is 3.99. The van der Waals surface area contributed by atoms with Gasteiger partial charge in [0.05, 0.1) is 0 Å². The summed E-state index contributed by atoms with van der Waals surface area (Å²) in [5.41, 5.74) is 0. The van der Waals surface area contributed by atoms with Crippen molar-refractivity contribution in [1.82, 2.24) is 0 Å². The van der Waals surface area contributed by atoms with Gasteiger partial charge in [0.15, 0.2) is 0 Å². The van der Waals surface area contributed by atoms with Crippen LogP contribution in [0.4, 0.5) is 0 Å². The Labute approximate surface area is 176 Å². The fraction of sp³-hybridized carbons (Fsp3) is 1.00. The first-order valence-electron chi connectivity index (χ1n) is 11.2. The summed E-state index contributed by atoms with van der Waals surface area (Å²) in [7, 11) is 2.61. The third kappa shape index (κ3) is 13.3. The van der Waals surface area contributed by atoms with Gasteiger partial charge >= 0.3 is 8.80 Å². The summed E-state index contributed by atoms with van der Waals surface area (Å²) in [4.78, 5) is -0.156. The molecule has 0 aromatic rings. The summed E-state index contributed by atoms with van der Waals surface area (Å²) in [6.07, 6.45) is 17.2. The van der Waals surface area contributed by atoms with Gasteiger partial charge in [-0.15, -0.1) is 11.6 Å². The van der Waals surface area contributed by atoms with E-state index in [4.69, 9.17) is 24.9 Å². The van der Waals surface area contributed by atoms with E-state index in [-0.39, 0.29) is 4.87 Å². The van der Waals surface area contributed by atoms with Crippen LogP contribution in [0.15, 0.2) is 0 Å². The summed E-state index contributed by atoms with van der Waals surface area (Å²) < 4.78 is 16.6. The van der Waals surface area contributed by atoms with Crippen molar-refractivity contribution in [1.29, 1.82) is 0 Å². The third-order valence-corrected chi connectivity index (χ3v) is 8.99. The molecule has 0 heterocycles. The van der Waals surface area contributed by atoms with E-state index in [9.17, 15) is 0 Å². The Morgan fingerprint density at radius 3 is 1.52 bits per heavy atom. The summed E-state index contributed by atoms with van der Waals surface area (Å²) in [5.74, 6) is 0.533. The van der Waals surface area contributed by atoms with Gasteiger partial charge in [-0.3, -0.25) is 0 Å². The van der Waals surface area contributed by atoms with Crippen molar-refractivity contribution < 1.29 is 13.3 Å². The summed E-state index contributed by atoms with van der Waals surface area (Å²) in [6, 6.07) is 0.859. The number of hydrogen-bond acceptors (Lipinski definition) is 3. The second kappa shape index (κ2) is 16.2. The lowest BCUT2D eigenvalue weighted by Gasteiger charge is -2.30. The number of alkyl halides is 1. The van der Waals surface area contributed by atoms with Crippen LogP contribution >= 0.6 is 11.6 Å². The number of halogens is 1. The van der Waals surface area contributed by atoms with Gasteiger partial charge in [-0.05, 0) is 39.0 Å².